The van der Waals surface area contributed by atoms with Gasteiger partial charge in [-0.25, -0.2) is 4.98 Å². The van der Waals surface area contributed by atoms with Gasteiger partial charge in [-0.2, -0.15) is 0 Å². The van der Waals surface area contributed by atoms with E-state index in [-0.39, 0.29) is 0 Å². The molecule has 0 bridgehead atoms. The summed E-state index contributed by atoms with van der Waals surface area (Å²) < 4.78 is 13.1. The molecule has 0 radical (unpaired) electrons. The van der Waals surface area contributed by atoms with Crippen LogP contribution in [0.3, 0.4) is 0 Å². The summed E-state index contributed by atoms with van der Waals surface area (Å²) in [7, 11) is 0. The average molecular weight is 763 g/mol. The highest BCUT2D eigenvalue weighted by Gasteiger charge is 2.18. The number of benzene rings is 7. The van der Waals surface area contributed by atoms with Crippen LogP contribution in [0, 0.1) is 12.2 Å². The fourth-order valence-electron chi connectivity index (χ4n) is 8.22. The number of nitrogens with zero attached hydrogens (tertiary/aromatic N) is 4. The minimum atomic E-state index is 0.541. The summed E-state index contributed by atoms with van der Waals surface area (Å²) in [5.41, 5.74) is 12.4. The largest absolute Gasteiger partial charge is 0.458 e. The second kappa shape index (κ2) is 15.4. The Hall–Kier alpha value is -7.50. The Morgan fingerprint density at radius 3 is 1.97 bits per heavy atom. The second-order valence-corrected chi connectivity index (χ2v) is 15.4. The van der Waals surface area contributed by atoms with Crippen LogP contribution in [0.5, 0.6) is 11.5 Å². The van der Waals surface area contributed by atoms with Crippen LogP contribution in [0.15, 0.2) is 201 Å². The first-order chi connectivity index (χ1) is 29.1. The minimum absolute atomic E-state index is 0.541. The molecule has 3 aromatic heterocycles. The molecule has 7 aromatic carbocycles. The van der Waals surface area contributed by atoms with Gasteiger partial charge in [0.1, 0.15) is 17.3 Å². The van der Waals surface area contributed by atoms with Crippen LogP contribution in [0.25, 0.3) is 72.4 Å². The van der Waals surface area contributed by atoms with Gasteiger partial charge in [0.2, 0.25) is 0 Å². The molecule has 0 N–H and O–H groups in total. The first kappa shape index (κ1) is 35.9. The van der Waals surface area contributed by atoms with Crippen molar-refractivity contribution in [2.24, 2.45) is 5.92 Å². The van der Waals surface area contributed by atoms with E-state index in [2.05, 4.69) is 205 Å². The SMILES string of the molecule is CC(C)Cc1ccnc(-n2c3ccc(-c4ccccc4)cc3c3ccc(Oc4cccc(-n5[c-][n+](-c6c(-c7ccccc7)cccc6-c6ccccc6)cc5)c4)cc32)c1. The fraction of sp³-hybridized carbons (Fsp3) is 0.0741. The Kier molecular flexibility index (Phi) is 9.39. The molecule has 10 aromatic rings. The highest BCUT2D eigenvalue weighted by molar-refractivity contribution is 6.10. The molecular weight excluding hydrogens is 721 g/mol. The van der Waals surface area contributed by atoms with Crippen LogP contribution < -0.4 is 9.30 Å². The molecule has 5 nitrogen and oxygen atoms in total. The van der Waals surface area contributed by atoms with Crippen molar-refractivity contribution in [2.75, 3.05) is 0 Å². The van der Waals surface area contributed by atoms with Crippen LogP contribution in [0.1, 0.15) is 19.4 Å². The Labute approximate surface area is 344 Å². The Bertz CT molecular complexity index is 3020. The number of hydrogen-bond donors (Lipinski definition) is 0. The third kappa shape index (κ3) is 7.08. The normalized spacial score (nSPS) is 11.4. The zero-order valence-electron chi connectivity index (χ0n) is 33.0. The van der Waals surface area contributed by atoms with Gasteiger partial charge in [-0.05, 0) is 106 Å². The van der Waals surface area contributed by atoms with E-state index in [9.17, 15) is 0 Å². The summed E-state index contributed by atoms with van der Waals surface area (Å²) in [5.74, 6) is 2.92. The van der Waals surface area contributed by atoms with Crippen molar-refractivity contribution in [3.05, 3.63) is 212 Å². The van der Waals surface area contributed by atoms with Crippen LogP contribution in [-0.4, -0.2) is 14.1 Å². The molecule has 10 rings (SSSR count). The van der Waals surface area contributed by atoms with Crippen molar-refractivity contribution in [1.82, 2.24) is 14.1 Å². The highest BCUT2D eigenvalue weighted by atomic mass is 16.5. The summed E-state index contributed by atoms with van der Waals surface area (Å²) in [6.45, 7) is 4.51. The van der Waals surface area contributed by atoms with E-state index in [1.165, 1.54) is 22.1 Å². The van der Waals surface area contributed by atoms with E-state index in [1.54, 1.807) is 0 Å². The molecule has 5 heteroatoms. The molecule has 0 amide bonds. The van der Waals surface area contributed by atoms with Crippen LogP contribution in [-0.2, 0) is 6.42 Å². The van der Waals surface area contributed by atoms with E-state index in [0.29, 0.717) is 5.92 Å². The molecule has 0 aliphatic heterocycles. The average Bonchev–Trinajstić information content (AvgIpc) is 3.90. The number of aromatic nitrogens is 4. The molecule has 0 aliphatic carbocycles. The maximum atomic E-state index is 6.68. The van der Waals surface area contributed by atoms with Gasteiger partial charge in [0.05, 0.1) is 22.4 Å². The molecule has 0 spiro atoms. The molecule has 284 valence electrons. The van der Waals surface area contributed by atoms with E-state index in [1.807, 2.05) is 29.1 Å². The molecule has 0 fully saturated rings. The van der Waals surface area contributed by atoms with Crippen LogP contribution in [0.4, 0.5) is 0 Å². The van der Waals surface area contributed by atoms with Crippen LogP contribution in [0.2, 0.25) is 0 Å². The summed E-state index contributed by atoms with van der Waals surface area (Å²) in [6, 6.07) is 63.8. The topological polar surface area (TPSA) is 35.9 Å². The Morgan fingerprint density at radius 1 is 0.576 bits per heavy atom. The van der Waals surface area contributed by atoms with E-state index in [4.69, 9.17) is 9.72 Å². The van der Waals surface area contributed by atoms with Crippen molar-refractivity contribution < 1.29 is 9.30 Å². The zero-order valence-corrected chi connectivity index (χ0v) is 33.0. The van der Waals surface area contributed by atoms with Crippen LogP contribution >= 0.6 is 0 Å². The molecule has 0 saturated carbocycles. The Balaban J connectivity index is 1.03. The quantitative estimate of drug-likeness (QED) is 0.103. The van der Waals surface area contributed by atoms with Crippen molar-refractivity contribution in [3.8, 4) is 62.1 Å². The van der Waals surface area contributed by atoms with E-state index >= 15 is 0 Å². The van der Waals surface area contributed by atoms with Gasteiger partial charge in [0.15, 0.2) is 0 Å². The number of para-hydroxylation sites is 1. The molecule has 0 aliphatic rings. The number of pyridine rings is 1. The standard InChI is InChI=1S/C54H42N4O/c1-38(2)32-39-28-29-55-53(33-39)58-51-27-24-43(40-14-6-3-7-15-40)34-50(51)49-26-25-46(36-52(49)58)59-45-21-12-20-44(35-45)56-30-31-57(37-56)54-47(41-16-8-4-9-17-41)22-13-23-48(54)42-18-10-5-11-19-42/h3-31,33-36,38H,32H2,1-2H3. The maximum Gasteiger partial charge on any atom is 0.268 e. The van der Waals surface area contributed by atoms with E-state index < -0.39 is 0 Å². The predicted molar refractivity (Wildman–Crippen MR) is 240 cm³/mol. The lowest BCUT2D eigenvalue weighted by Crippen LogP contribution is -2.30. The highest BCUT2D eigenvalue weighted by Crippen LogP contribution is 2.38. The number of ether oxygens (including phenoxy) is 1. The number of hydrogen-bond acceptors (Lipinski definition) is 2. The minimum Gasteiger partial charge on any atom is -0.458 e. The number of imidazole rings is 1. The third-order valence-electron chi connectivity index (χ3n) is 10.9. The number of fused-ring (bicyclic) bond motifs is 3. The Morgan fingerprint density at radius 2 is 1.25 bits per heavy atom. The summed E-state index contributed by atoms with van der Waals surface area (Å²) in [4.78, 5) is 4.91. The van der Waals surface area contributed by atoms with Gasteiger partial charge < -0.3 is 4.74 Å². The fourth-order valence-corrected chi connectivity index (χ4v) is 8.22. The van der Waals surface area contributed by atoms with Gasteiger partial charge in [0.25, 0.3) is 6.33 Å². The van der Waals surface area contributed by atoms with Gasteiger partial charge in [-0.1, -0.05) is 135 Å². The lowest BCUT2D eigenvalue weighted by molar-refractivity contribution is -0.598. The molecule has 0 atom stereocenters. The molecular formula is C54H42N4O. The lowest BCUT2D eigenvalue weighted by atomic mass is 9.96. The molecule has 59 heavy (non-hydrogen) atoms. The summed E-state index contributed by atoms with van der Waals surface area (Å²) >= 11 is 0. The monoisotopic (exact) mass is 762 g/mol. The van der Waals surface area contributed by atoms with Gasteiger partial charge in [0, 0.05) is 35.4 Å². The van der Waals surface area contributed by atoms with Crippen molar-refractivity contribution >= 4 is 21.8 Å². The zero-order chi connectivity index (χ0) is 39.7. The summed E-state index contributed by atoms with van der Waals surface area (Å²) in [6.07, 6.45) is 10.7. The van der Waals surface area contributed by atoms with E-state index in [0.717, 1.165) is 73.8 Å². The first-order valence-corrected chi connectivity index (χ1v) is 20.2. The molecule has 0 unspecified atom stereocenters. The van der Waals surface area contributed by atoms with Gasteiger partial charge >= 0.3 is 0 Å². The molecule has 0 saturated heterocycles. The second-order valence-electron chi connectivity index (χ2n) is 15.4. The summed E-state index contributed by atoms with van der Waals surface area (Å²) in [5, 5.41) is 2.32. The van der Waals surface area contributed by atoms with Crippen molar-refractivity contribution in [3.63, 3.8) is 0 Å². The van der Waals surface area contributed by atoms with Crippen molar-refractivity contribution in [1.29, 1.82) is 0 Å². The lowest BCUT2D eigenvalue weighted by Gasteiger charge is -2.16. The van der Waals surface area contributed by atoms with Crippen molar-refractivity contribution in [2.45, 2.75) is 20.3 Å². The van der Waals surface area contributed by atoms with Gasteiger partial charge in [-0.3, -0.25) is 13.7 Å². The third-order valence-corrected chi connectivity index (χ3v) is 10.9. The smallest absolute Gasteiger partial charge is 0.268 e. The van der Waals surface area contributed by atoms with Gasteiger partial charge in [-0.15, -0.1) is 0 Å². The molecule has 3 heterocycles. The number of rotatable bonds is 10. The first-order valence-electron chi connectivity index (χ1n) is 20.2. The maximum absolute atomic E-state index is 6.68. The predicted octanol–water partition coefficient (Wildman–Crippen LogP) is 13.0.